The fourth-order valence-electron chi connectivity index (χ4n) is 4.58. The van der Waals surface area contributed by atoms with E-state index in [2.05, 4.69) is 17.0 Å². The van der Waals surface area contributed by atoms with Crippen molar-refractivity contribution in [3.63, 3.8) is 0 Å². The zero-order valence-corrected chi connectivity index (χ0v) is 19.3. The SMILES string of the molecule is COc1ccc(N2CCN(C(=O)C[C@@H]3O[C@@H](C)Cc4cc(OC)c(OC)cc43)CC2)cc1. The van der Waals surface area contributed by atoms with E-state index >= 15 is 0 Å². The van der Waals surface area contributed by atoms with E-state index in [1.54, 1.807) is 21.3 Å². The molecule has 4 rings (SSSR count). The first-order valence-corrected chi connectivity index (χ1v) is 11.1. The highest BCUT2D eigenvalue weighted by Crippen LogP contribution is 2.40. The van der Waals surface area contributed by atoms with E-state index in [1.165, 1.54) is 0 Å². The van der Waals surface area contributed by atoms with Crippen molar-refractivity contribution in [3.05, 3.63) is 47.5 Å². The fourth-order valence-corrected chi connectivity index (χ4v) is 4.58. The fraction of sp³-hybridized carbons (Fsp3) is 0.480. The van der Waals surface area contributed by atoms with E-state index in [0.717, 1.165) is 42.1 Å². The van der Waals surface area contributed by atoms with Gasteiger partial charge in [-0.25, -0.2) is 0 Å². The van der Waals surface area contributed by atoms with Crippen LogP contribution in [-0.4, -0.2) is 64.4 Å². The molecule has 2 aliphatic rings. The number of anilines is 1. The van der Waals surface area contributed by atoms with Gasteiger partial charge in [0.1, 0.15) is 5.75 Å². The van der Waals surface area contributed by atoms with Crippen LogP contribution < -0.4 is 19.1 Å². The van der Waals surface area contributed by atoms with Gasteiger partial charge in [0, 0.05) is 31.9 Å². The van der Waals surface area contributed by atoms with Gasteiger partial charge in [0.15, 0.2) is 11.5 Å². The van der Waals surface area contributed by atoms with Crippen LogP contribution in [0.4, 0.5) is 5.69 Å². The van der Waals surface area contributed by atoms with Crippen molar-refractivity contribution in [2.45, 2.75) is 32.0 Å². The number of hydrogen-bond acceptors (Lipinski definition) is 6. The van der Waals surface area contributed by atoms with Crippen LogP contribution in [0.2, 0.25) is 0 Å². The van der Waals surface area contributed by atoms with E-state index in [1.807, 2.05) is 36.1 Å². The number of rotatable bonds is 6. The third kappa shape index (κ3) is 4.63. The predicted molar refractivity (Wildman–Crippen MR) is 123 cm³/mol. The first kappa shape index (κ1) is 22.3. The van der Waals surface area contributed by atoms with Gasteiger partial charge in [-0.2, -0.15) is 0 Å². The van der Waals surface area contributed by atoms with Crippen molar-refractivity contribution < 1.29 is 23.7 Å². The predicted octanol–water partition coefficient (Wildman–Crippen LogP) is 3.45. The number of methoxy groups -OCH3 is 3. The number of carbonyl (C=O) groups is 1. The molecule has 0 aromatic heterocycles. The van der Waals surface area contributed by atoms with Crippen LogP contribution in [0.5, 0.6) is 17.2 Å². The minimum atomic E-state index is -0.277. The quantitative estimate of drug-likeness (QED) is 0.686. The molecule has 1 amide bonds. The molecule has 7 nitrogen and oxygen atoms in total. The Morgan fingerprint density at radius 1 is 0.969 bits per heavy atom. The van der Waals surface area contributed by atoms with Crippen molar-refractivity contribution in [3.8, 4) is 17.2 Å². The zero-order chi connectivity index (χ0) is 22.7. The maximum Gasteiger partial charge on any atom is 0.225 e. The summed E-state index contributed by atoms with van der Waals surface area (Å²) in [5, 5.41) is 0. The molecular weight excluding hydrogens is 408 g/mol. The number of amides is 1. The van der Waals surface area contributed by atoms with E-state index < -0.39 is 0 Å². The number of nitrogens with zero attached hydrogens (tertiary/aromatic N) is 2. The Hall–Kier alpha value is -2.93. The number of benzene rings is 2. The molecule has 0 N–H and O–H groups in total. The molecule has 0 unspecified atom stereocenters. The largest absolute Gasteiger partial charge is 0.497 e. The van der Waals surface area contributed by atoms with Crippen LogP contribution in [-0.2, 0) is 16.0 Å². The van der Waals surface area contributed by atoms with E-state index in [9.17, 15) is 4.79 Å². The maximum atomic E-state index is 13.1. The van der Waals surface area contributed by atoms with Gasteiger partial charge in [0.05, 0.1) is 40.0 Å². The van der Waals surface area contributed by atoms with Crippen molar-refractivity contribution in [2.24, 2.45) is 0 Å². The lowest BCUT2D eigenvalue weighted by atomic mass is 9.92. The first-order chi connectivity index (χ1) is 15.5. The van der Waals surface area contributed by atoms with Gasteiger partial charge in [-0.05, 0) is 60.9 Å². The highest BCUT2D eigenvalue weighted by atomic mass is 16.5. The molecule has 0 spiro atoms. The van der Waals surface area contributed by atoms with Gasteiger partial charge in [-0.1, -0.05) is 0 Å². The second kappa shape index (κ2) is 9.69. The molecule has 2 aliphatic heterocycles. The molecule has 2 heterocycles. The molecule has 32 heavy (non-hydrogen) atoms. The van der Waals surface area contributed by atoms with Crippen molar-refractivity contribution in [2.75, 3.05) is 52.4 Å². The Balaban J connectivity index is 1.41. The number of piperazine rings is 1. The highest BCUT2D eigenvalue weighted by molar-refractivity contribution is 5.77. The molecule has 0 aliphatic carbocycles. The molecule has 0 bridgehead atoms. The molecule has 172 valence electrons. The summed E-state index contributed by atoms with van der Waals surface area (Å²) in [6, 6.07) is 12.0. The molecule has 2 atom stereocenters. The Bertz CT molecular complexity index is 938. The normalized spacial score (nSPS) is 20.5. The monoisotopic (exact) mass is 440 g/mol. The van der Waals surface area contributed by atoms with E-state index in [0.29, 0.717) is 31.0 Å². The molecule has 0 radical (unpaired) electrons. The summed E-state index contributed by atoms with van der Waals surface area (Å²) < 4.78 is 22.4. The smallest absolute Gasteiger partial charge is 0.225 e. The summed E-state index contributed by atoms with van der Waals surface area (Å²) >= 11 is 0. The van der Waals surface area contributed by atoms with Gasteiger partial charge in [0.25, 0.3) is 0 Å². The summed E-state index contributed by atoms with van der Waals surface area (Å²) in [6.45, 7) is 5.06. The molecular formula is C25H32N2O5. The molecule has 1 saturated heterocycles. The van der Waals surface area contributed by atoms with E-state index in [-0.39, 0.29) is 18.1 Å². The average molecular weight is 441 g/mol. The van der Waals surface area contributed by atoms with Gasteiger partial charge in [-0.15, -0.1) is 0 Å². The zero-order valence-electron chi connectivity index (χ0n) is 19.3. The van der Waals surface area contributed by atoms with Crippen molar-refractivity contribution in [1.29, 1.82) is 0 Å². The summed E-state index contributed by atoms with van der Waals surface area (Å²) in [6.07, 6.45) is 0.891. The standard InChI is InChI=1S/C25H32N2O5/c1-17-13-18-14-23(30-3)24(31-4)15-21(18)22(32-17)16-25(28)27-11-9-26(10-12-27)19-5-7-20(29-2)8-6-19/h5-8,14-15,17,22H,9-13,16H2,1-4H3/t17-,22-/m0/s1. The summed E-state index contributed by atoms with van der Waals surface area (Å²) in [5.41, 5.74) is 3.33. The molecule has 7 heteroatoms. The molecule has 2 aromatic carbocycles. The van der Waals surface area contributed by atoms with Crippen LogP contribution >= 0.6 is 0 Å². The van der Waals surface area contributed by atoms with Gasteiger partial charge < -0.3 is 28.7 Å². The van der Waals surface area contributed by atoms with Crippen molar-refractivity contribution in [1.82, 2.24) is 4.90 Å². The Morgan fingerprint density at radius 2 is 1.62 bits per heavy atom. The molecule has 2 aromatic rings. The number of carbonyl (C=O) groups excluding carboxylic acids is 1. The molecule has 1 fully saturated rings. The van der Waals surface area contributed by atoms with Crippen LogP contribution in [0.15, 0.2) is 36.4 Å². The van der Waals surface area contributed by atoms with Gasteiger partial charge in [-0.3, -0.25) is 4.79 Å². The topological polar surface area (TPSA) is 60.5 Å². The van der Waals surface area contributed by atoms with E-state index in [4.69, 9.17) is 18.9 Å². The third-order valence-corrected chi connectivity index (χ3v) is 6.33. The number of hydrogen-bond donors (Lipinski definition) is 0. The summed E-state index contributed by atoms with van der Waals surface area (Å²) in [5.74, 6) is 2.34. The van der Waals surface area contributed by atoms with Gasteiger partial charge in [0.2, 0.25) is 5.91 Å². The summed E-state index contributed by atoms with van der Waals surface area (Å²) in [4.78, 5) is 17.4. The Kier molecular flexibility index (Phi) is 6.74. The lowest BCUT2D eigenvalue weighted by Crippen LogP contribution is -2.49. The maximum absolute atomic E-state index is 13.1. The molecule has 0 saturated carbocycles. The van der Waals surface area contributed by atoms with Crippen LogP contribution in [0, 0.1) is 0 Å². The number of fused-ring (bicyclic) bond motifs is 1. The van der Waals surface area contributed by atoms with Crippen LogP contribution in [0.25, 0.3) is 0 Å². The summed E-state index contributed by atoms with van der Waals surface area (Å²) in [7, 11) is 4.93. The Labute approximate surface area is 189 Å². The first-order valence-electron chi connectivity index (χ1n) is 11.1. The second-order valence-corrected chi connectivity index (χ2v) is 8.32. The third-order valence-electron chi connectivity index (χ3n) is 6.33. The van der Waals surface area contributed by atoms with Crippen molar-refractivity contribution >= 4 is 11.6 Å². The van der Waals surface area contributed by atoms with Crippen LogP contribution in [0.3, 0.4) is 0 Å². The minimum absolute atomic E-state index is 0.0466. The lowest BCUT2D eigenvalue weighted by molar-refractivity contribution is -0.136. The number of ether oxygens (including phenoxy) is 4. The van der Waals surface area contributed by atoms with Gasteiger partial charge >= 0.3 is 0 Å². The Morgan fingerprint density at radius 3 is 2.25 bits per heavy atom. The highest BCUT2D eigenvalue weighted by Gasteiger charge is 2.31. The lowest BCUT2D eigenvalue weighted by Gasteiger charge is -2.37. The minimum Gasteiger partial charge on any atom is -0.497 e. The van der Waals surface area contributed by atoms with Crippen LogP contribution in [0.1, 0.15) is 30.6 Å². The average Bonchev–Trinajstić information content (AvgIpc) is 2.83. The second-order valence-electron chi connectivity index (χ2n) is 8.32.